The highest BCUT2D eigenvalue weighted by molar-refractivity contribution is 6.31. The minimum atomic E-state index is -0.731. The highest BCUT2D eigenvalue weighted by Crippen LogP contribution is 2.34. The van der Waals surface area contributed by atoms with Crippen molar-refractivity contribution in [2.75, 3.05) is 5.32 Å². The van der Waals surface area contributed by atoms with E-state index >= 15 is 0 Å². The molecule has 2 atom stereocenters. The number of carboxylic acids is 1. The second-order valence-corrected chi connectivity index (χ2v) is 4.30. The topological polar surface area (TPSA) is 49.3 Å². The minimum absolute atomic E-state index is 0.0567. The lowest BCUT2D eigenvalue weighted by atomic mass is 10.2. The van der Waals surface area contributed by atoms with Crippen LogP contribution in [-0.4, -0.2) is 17.1 Å². The predicted molar refractivity (Wildman–Crippen MR) is 59.3 cm³/mol. The van der Waals surface area contributed by atoms with Crippen molar-refractivity contribution in [1.82, 2.24) is 0 Å². The molecule has 1 aliphatic carbocycles. The van der Waals surface area contributed by atoms with Crippen LogP contribution in [0.25, 0.3) is 0 Å². The number of carboxylic acid groups (broad SMARTS) is 1. The number of anilines is 1. The van der Waals surface area contributed by atoms with Crippen molar-refractivity contribution in [3.63, 3.8) is 0 Å². The first-order chi connectivity index (χ1) is 7.08. The largest absolute Gasteiger partial charge is 0.481 e. The molecule has 0 saturated heterocycles. The highest BCUT2D eigenvalue weighted by Gasteiger charge is 2.43. The quantitative estimate of drug-likeness (QED) is 0.831. The molecule has 2 N–H and O–H groups in total. The third-order valence-corrected chi connectivity index (χ3v) is 3.04. The minimum Gasteiger partial charge on any atom is -0.481 e. The first kappa shape index (κ1) is 10.3. The average molecular weight is 226 g/mol. The van der Waals surface area contributed by atoms with Gasteiger partial charge in [0, 0.05) is 16.8 Å². The van der Waals surface area contributed by atoms with Crippen LogP contribution in [0.3, 0.4) is 0 Å². The molecular formula is C11H12ClNO2. The molecule has 0 heterocycles. The second-order valence-electron chi connectivity index (χ2n) is 3.90. The van der Waals surface area contributed by atoms with E-state index in [-0.39, 0.29) is 12.0 Å². The maximum absolute atomic E-state index is 10.6. The number of hydrogen-bond acceptors (Lipinski definition) is 2. The summed E-state index contributed by atoms with van der Waals surface area (Å²) in [5.74, 6) is -0.976. The number of halogens is 1. The Morgan fingerprint density at radius 2 is 2.33 bits per heavy atom. The fourth-order valence-electron chi connectivity index (χ4n) is 1.52. The van der Waals surface area contributed by atoms with Crippen molar-refractivity contribution < 1.29 is 9.90 Å². The van der Waals surface area contributed by atoms with Gasteiger partial charge in [0.1, 0.15) is 0 Å². The number of carbonyl (C=O) groups is 1. The molecule has 0 bridgehead atoms. The molecule has 15 heavy (non-hydrogen) atoms. The van der Waals surface area contributed by atoms with Crippen molar-refractivity contribution in [1.29, 1.82) is 0 Å². The second kappa shape index (κ2) is 3.74. The molecule has 2 rings (SSSR count). The Labute approximate surface area is 93.1 Å². The Hall–Kier alpha value is -1.22. The van der Waals surface area contributed by atoms with E-state index in [0.29, 0.717) is 11.4 Å². The van der Waals surface area contributed by atoms with Crippen LogP contribution in [0, 0.1) is 12.8 Å². The standard InChI is InChI=1S/C11H12ClNO2/c1-6-2-3-7(4-9(6)12)13-10-5-8(10)11(14)15/h2-4,8,10,13H,5H2,1H3,(H,14,15). The van der Waals surface area contributed by atoms with Crippen LogP contribution in [0.1, 0.15) is 12.0 Å². The van der Waals surface area contributed by atoms with Crippen molar-refractivity contribution in [2.24, 2.45) is 5.92 Å². The van der Waals surface area contributed by atoms with Gasteiger partial charge in [-0.3, -0.25) is 4.79 Å². The van der Waals surface area contributed by atoms with E-state index in [2.05, 4.69) is 5.32 Å². The van der Waals surface area contributed by atoms with Crippen LogP contribution in [0.4, 0.5) is 5.69 Å². The summed E-state index contributed by atoms with van der Waals surface area (Å²) in [4.78, 5) is 10.6. The van der Waals surface area contributed by atoms with Crippen LogP contribution in [0.5, 0.6) is 0 Å². The van der Waals surface area contributed by atoms with Crippen molar-refractivity contribution in [3.05, 3.63) is 28.8 Å². The molecule has 0 aliphatic heterocycles. The normalized spacial score (nSPS) is 23.6. The summed E-state index contributed by atoms with van der Waals surface area (Å²) in [5.41, 5.74) is 1.91. The summed E-state index contributed by atoms with van der Waals surface area (Å²) in [6, 6.07) is 5.72. The molecule has 4 heteroatoms. The maximum atomic E-state index is 10.6. The van der Waals surface area contributed by atoms with Gasteiger partial charge < -0.3 is 10.4 Å². The van der Waals surface area contributed by atoms with Crippen LogP contribution in [0.15, 0.2) is 18.2 Å². The van der Waals surface area contributed by atoms with E-state index < -0.39 is 5.97 Å². The zero-order valence-corrected chi connectivity index (χ0v) is 9.08. The van der Waals surface area contributed by atoms with Crippen LogP contribution >= 0.6 is 11.6 Å². The van der Waals surface area contributed by atoms with Gasteiger partial charge in [-0.15, -0.1) is 0 Å². The molecule has 1 fully saturated rings. The van der Waals surface area contributed by atoms with E-state index in [9.17, 15) is 4.79 Å². The van der Waals surface area contributed by atoms with Crippen molar-refractivity contribution in [2.45, 2.75) is 19.4 Å². The highest BCUT2D eigenvalue weighted by atomic mass is 35.5. The van der Waals surface area contributed by atoms with Gasteiger partial charge in [-0.25, -0.2) is 0 Å². The summed E-state index contributed by atoms with van der Waals surface area (Å²) >= 11 is 5.96. The van der Waals surface area contributed by atoms with E-state index in [1.54, 1.807) is 0 Å². The molecule has 0 spiro atoms. The zero-order valence-electron chi connectivity index (χ0n) is 8.33. The first-order valence-electron chi connectivity index (χ1n) is 4.83. The number of rotatable bonds is 3. The van der Waals surface area contributed by atoms with E-state index in [4.69, 9.17) is 16.7 Å². The molecule has 1 saturated carbocycles. The van der Waals surface area contributed by atoms with E-state index in [0.717, 1.165) is 11.3 Å². The predicted octanol–water partition coefficient (Wildman–Crippen LogP) is 2.53. The molecular weight excluding hydrogens is 214 g/mol. The van der Waals surface area contributed by atoms with Crippen LogP contribution in [-0.2, 0) is 4.79 Å². The van der Waals surface area contributed by atoms with Gasteiger partial charge in [0.15, 0.2) is 0 Å². The lowest BCUT2D eigenvalue weighted by Gasteiger charge is -2.06. The van der Waals surface area contributed by atoms with Crippen molar-refractivity contribution >= 4 is 23.3 Å². The van der Waals surface area contributed by atoms with Gasteiger partial charge in [0.25, 0.3) is 0 Å². The molecule has 1 aliphatic rings. The summed E-state index contributed by atoms with van der Waals surface area (Å²) < 4.78 is 0. The van der Waals surface area contributed by atoms with Gasteiger partial charge in [0.2, 0.25) is 0 Å². The Balaban J connectivity index is 2.01. The smallest absolute Gasteiger partial charge is 0.308 e. The van der Waals surface area contributed by atoms with Crippen LogP contribution < -0.4 is 5.32 Å². The fraction of sp³-hybridized carbons (Fsp3) is 0.364. The zero-order chi connectivity index (χ0) is 11.0. The summed E-state index contributed by atoms with van der Waals surface area (Å²) in [5, 5.41) is 12.6. The summed E-state index contributed by atoms with van der Waals surface area (Å²) in [6.45, 7) is 1.93. The van der Waals surface area contributed by atoms with Crippen molar-refractivity contribution in [3.8, 4) is 0 Å². The fourth-order valence-corrected chi connectivity index (χ4v) is 1.70. The summed E-state index contributed by atoms with van der Waals surface area (Å²) in [6.07, 6.45) is 0.695. The molecule has 1 aromatic carbocycles. The molecule has 0 aromatic heterocycles. The number of aryl methyl sites for hydroxylation is 1. The third-order valence-electron chi connectivity index (χ3n) is 2.63. The lowest BCUT2D eigenvalue weighted by Crippen LogP contribution is -2.10. The average Bonchev–Trinajstić information content (AvgIpc) is 2.91. The monoisotopic (exact) mass is 225 g/mol. The van der Waals surface area contributed by atoms with E-state index in [1.807, 2.05) is 25.1 Å². The molecule has 80 valence electrons. The summed E-state index contributed by atoms with van der Waals surface area (Å²) in [7, 11) is 0. The SMILES string of the molecule is Cc1ccc(NC2CC2C(=O)O)cc1Cl. The number of nitrogens with one attached hydrogen (secondary N) is 1. The third kappa shape index (κ3) is 2.23. The lowest BCUT2D eigenvalue weighted by molar-refractivity contribution is -0.138. The molecule has 0 amide bonds. The van der Waals surface area contributed by atoms with Crippen LogP contribution in [0.2, 0.25) is 5.02 Å². The molecule has 1 aromatic rings. The molecule has 3 nitrogen and oxygen atoms in total. The van der Waals surface area contributed by atoms with Gasteiger partial charge >= 0.3 is 5.97 Å². The molecule has 0 radical (unpaired) electrons. The van der Waals surface area contributed by atoms with Gasteiger partial charge in [-0.05, 0) is 31.0 Å². The Morgan fingerprint density at radius 1 is 1.60 bits per heavy atom. The Morgan fingerprint density at radius 3 is 2.87 bits per heavy atom. The number of aliphatic carboxylic acids is 1. The first-order valence-corrected chi connectivity index (χ1v) is 5.21. The number of hydrogen-bond donors (Lipinski definition) is 2. The number of benzene rings is 1. The van der Waals surface area contributed by atoms with Gasteiger partial charge in [-0.1, -0.05) is 17.7 Å². The van der Waals surface area contributed by atoms with Gasteiger partial charge in [0.05, 0.1) is 5.92 Å². The van der Waals surface area contributed by atoms with E-state index in [1.165, 1.54) is 0 Å². The maximum Gasteiger partial charge on any atom is 0.308 e. The Bertz CT molecular complexity index is 406. The molecule has 2 unspecified atom stereocenters. The van der Waals surface area contributed by atoms with Gasteiger partial charge in [-0.2, -0.15) is 0 Å². The Kier molecular flexibility index (Phi) is 2.57.